The van der Waals surface area contributed by atoms with Crippen LogP contribution in [0.5, 0.6) is 0 Å². The minimum atomic E-state index is -0.274. The number of halogens is 1. The lowest BCUT2D eigenvalue weighted by Gasteiger charge is -2.23. The first-order valence-electron chi connectivity index (χ1n) is 3.87. The van der Waals surface area contributed by atoms with Gasteiger partial charge in [0.05, 0.1) is 6.61 Å². The second kappa shape index (κ2) is 3.30. The third kappa shape index (κ3) is 2.62. The molecule has 0 aliphatic heterocycles. The molecule has 0 amide bonds. The topological polar surface area (TPSA) is 46.2 Å². The average molecular weight is 180 g/mol. The molecule has 1 aliphatic carbocycles. The van der Waals surface area contributed by atoms with Crippen molar-refractivity contribution in [1.82, 2.24) is 0 Å². The lowest BCUT2D eigenvalue weighted by molar-refractivity contribution is 0.187. The van der Waals surface area contributed by atoms with Gasteiger partial charge < -0.3 is 10.8 Å². The van der Waals surface area contributed by atoms with Crippen LogP contribution in [-0.2, 0) is 0 Å². The van der Waals surface area contributed by atoms with E-state index in [1.54, 1.807) is 0 Å². The van der Waals surface area contributed by atoms with Gasteiger partial charge in [-0.15, -0.1) is 12.4 Å². The Morgan fingerprint density at radius 3 is 2.09 bits per heavy atom. The maximum atomic E-state index is 8.93. The smallest absolute Gasteiger partial charge is 0.0611 e. The van der Waals surface area contributed by atoms with E-state index in [-0.39, 0.29) is 24.6 Å². The molecule has 0 saturated heterocycles. The molecule has 11 heavy (non-hydrogen) atoms. The summed E-state index contributed by atoms with van der Waals surface area (Å²) in [6.07, 6.45) is 3.07. The molecule has 0 radical (unpaired) electrons. The molecule has 3 N–H and O–H groups in total. The largest absolute Gasteiger partial charge is 0.394 e. The Balaban J connectivity index is 0.000001000. The van der Waals surface area contributed by atoms with E-state index in [2.05, 4.69) is 13.8 Å². The summed E-state index contributed by atoms with van der Waals surface area (Å²) in [6, 6.07) is 0. The fourth-order valence-corrected chi connectivity index (χ4v) is 1.85. The Morgan fingerprint density at radius 1 is 1.36 bits per heavy atom. The Hall–Kier alpha value is 0.210. The van der Waals surface area contributed by atoms with E-state index in [0.29, 0.717) is 5.41 Å². The molecule has 1 unspecified atom stereocenters. The monoisotopic (exact) mass is 179 g/mol. The molecular formula is C8H18ClNO. The summed E-state index contributed by atoms with van der Waals surface area (Å²) in [6.45, 7) is 4.55. The fraction of sp³-hybridized carbons (Fsp3) is 1.00. The van der Waals surface area contributed by atoms with Gasteiger partial charge in [-0.25, -0.2) is 0 Å². The summed E-state index contributed by atoms with van der Waals surface area (Å²) < 4.78 is 0. The van der Waals surface area contributed by atoms with Crippen molar-refractivity contribution in [2.24, 2.45) is 11.1 Å². The van der Waals surface area contributed by atoms with E-state index in [0.717, 1.165) is 19.3 Å². The van der Waals surface area contributed by atoms with Gasteiger partial charge in [0.2, 0.25) is 0 Å². The zero-order valence-corrected chi connectivity index (χ0v) is 8.08. The summed E-state index contributed by atoms with van der Waals surface area (Å²) in [5.41, 5.74) is 5.95. The Kier molecular flexibility index (Phi) is 3.36. The van der Waals surface area contributed by atoms with Crippen LogP contribution in [0.4, 0.5) is 0 Å². The van der Waals surface area contributed by atoms with Crippen LogP contribution in [-0.4, -0.2) is 17.3 Å². The normalized spacial score (nSPS) is 34.9. The van der Waals surface area contributed by atoms with E-state index in [9.17, 15) is 0 Å². The lowest BCUT2D eigenvalue weighted by atomic mass is 9.88. The summed E-state index contributed by atoms with van der Waals surface area (Å²) >= 11 is 0. The number of aliphatic hydroxyl groups excluding tert-OH is 1. The van der Waals surface area contributed by atoms with Gasteiger partial charge in [0.15, 0.2) is 0 Å². The van der Waals surface area contributed by atoms with Crippen molar-refractivity contribution in [2.45, 2.75) is 38.6 Å². The molecule has 0 aromatic heterocycles. The molecule has 0 bridgehead atoms. The lowest BCUT2D eigenvalue weighted by Crippen LogP contribution is -2.41. The number of rotatable bonds is 1. The highest BCUT2D eigenvalue weighted by atomic mass is 35.5. The standard InChI is InChI=1S/C8H17NO.ClH/c1-7(2)3-4-8(9,5-7)6-10;/h10H,3-6,9H2,1-2H3;1H. The minimum Gasteiger partial charge on any atom is -0.394 e. The first-order valence-corrected chi connectivity index (χ1v) is 3.87. The van der Waals surface area contributed by atoms with Gasteiger partial charge in [-0.1, -0.05) is 13.8 Å². The zero-order valence-electron chi connectivity index (χ0n) is 7.26. The highest BCUT2D eigenvalue weighted by Crippen LogP contribution is 2.41. The SMILES string of the molecule is CC1(C)CCC(N)(CO)C1.Cl. The quantitative estimate of drug-likeness (QED) is 0.638. The summed E-state index contributed by atoms with van der Waals surface area (Å²) in [7, 11) is 0. The molecule has 1 rings (SSSR count). The summed E-state index contributed by atoms with van der Waals surface area (Å²) in [5, 5.41) is 8.93. The van der Waals surface area contributed by atoms with Crippen molar-refractivity contribution in [3.8, 4) is 0 Å². The van der Waals surface area contributed by atoms with Crippen molar-refractivity contribution >= 4 is 12.4 Å². The maximum absolute atomic E-state index is 8.93. The zero-order chi connectivity index (χ0) is 7.83. The van der Waals surface area contributed by atoms with Gasteiger partial charge >= 0.3 is 0 Å². The highest BCUT2D eigenvalue weighted by Gasteiger charge is 2.39. The second-order valence-electron chi connectivity index (χ2n) is 4.36. The number of hydrogen-bond acceptors (Lipinski definition) is 2. The molecule has 1 atom stereocenters. The van der Waals surface area contributed by atoms with Crippen LogP contribution >= 0.6 is 12.4 Å². The molecule has 1 aliphatic rings. The summed E-state index contributed by atoms with van der Waals surface area (Å²) in [4.78, 5) is 0. The van der Waals surface area contributed by atoms with Gasteiger partial charge in [0.25, 0.3) is 0 Å². The average Bonchev–Trinajstić information content (AvgIpc) is 2.08. The molecule has 0 aromatic carbocycles. The molecule has 0 heterocycles. The number of aliphatic hydroxyl groups is 1. The van der Waals surface area contributed by atoms with Crippen LogP contribution in [0.1, 0.15) is 33.1 Å². The Labute approximate surface area is 74.6 Å². The van der Waals surface area contributed by atoms with E-state index in [4.69, 9.17) is 10.8 Å². The predicted octanol–water partition coefficient (Wildman–Crippen LogP) is 1.31. The number of hydrogen-bond donors (Lipinski definition) is 2. The molecule has 0 aromatic rings. The van der Waals surface area contributed by atoms with Crippen LogP contribution < -0.4 is 5.73 Å². The van der Waals surface area contributed by atoms with Crippen LogP contribution in [0, 0.1) is 5.41 Å². The van der Waals surface area contributed by atoms with Crippen LogP contribution in [0.15, 0.2) is 0 Å². The molecular weight excluding hydrogens is 162 g/mol. The molecule has 1 fully saturated rings. The Morgan fingerprint density at radius 2 is 1.91 bits per heavy atom. The highest BCUT2D eigenvalue weighted by molar-refractivity contribution is 5.85. The third-order valence-corrected chi connectivity index (χ3v) is 2.45. The van der Waals surface area contributed by atoms with Crippen LogP contribution in [0.3, 0.4) is 0 Å². The van der Waals surface area contributed by atoms with E-state index in [1.807, 2.05) is 0 Å². The molecule has 1 saturated carbocycles. The van der Waals surface area contributed by atoms with Gasteiger partial charge in [-0.3, -0.25) is 0 Å². The van der Waals surface area contributed by atoms with Crippen molar-refractivity contribution < 1.29 is 5.11 Å². The van der Waals surface area contributed by atoms with Crippen molar-refractivity contribution in [3.05, 3.63) is 0 Å². The first kappa shape index (κ1) is 11.2. The molecule has 3 heteroatoms. The molecule has 0 spiro atoms. The predicted molar refractivity (Wildman–Crippen MR) is 48.9 cm³/mol. The number of nitrogens with two attached hydrogens (primary N) is 1. The Bertz CT molecular complexity index is 138. The van der Waals surface area contributed by atoms with Crippen LogP contribution in [0.25, 0.3) is 0 Å². The summed E-state index contributed by atoms with van der Waals surface area (Å²) in [5.74, 6) is 0. The fourth-order valence-electron chi connectivity index (χ4n) is 1.85. The second-order valence-corrected chi connectivity index (χ2v) is 4.36. The van der Waals surface area contributed by atoms with E-state index < -0.39 is 0 Å². The van der Waals surface area contributed by atoms with Crippen LogP contribution in [0.2, 0.25) is 0 Å². The van der Waals surface area contributed by atoms with Crippen molar-refractivity contribution in [3.63, 3.8) is 0 Å². The van der Waals surface area contributed by atoms with Crippen molar-refractivity contribution in [2.75, 3.05) is 6.61 Å². The van der Waals surface area contributed by atoms with Gasteiger partial charge in [0.1, 0.15) is 0 Å². The minimum absolute atomic E-state index is 0. The van der Waals surface area contributed by atoms with Gasteiger partial charge in [-0.05, 0) is 24.7 Å². The molecule has 68 valence electrons. The maximum Gasteiger partial charge on any atom is 0.0611 e. The first-order chi connectivity index (χ1) is 4.47. The van der Waals surface area contributed by atoms with E-state index in [1.165, 1.54) is 0 Å². The van der Waals surface area contributed by atoms with Gasteiger partial charge in [-0.2, -0.15) is 0 Å². The molecule has 2 nitrogen and oxygen atoms in total. The third-order valence-electron chi connectivity index (χ3n) is 2.45. The van der Waals surface area contributed by atoms with Crippen molar-refractivity contribution in [1.29, 1.82) is 0 Å². The van der Waals surface area contributed by atoms with E-state index >= 15 is 0 Å². The van der Waals surface area contributed by atoms with Gasteiger partial charge in [0, 0.05) is 5.54 Å².